The van der Waals surface area contributed by atoms with Crippen molar-refractivity contribution in [2.75, 3.05) is 5.75 Å². The molecule has 0 aliphatic heterocycles. The number of hydrogen-bond acceptors (Lipinski definition) is 4. The van der Waals surface area contributed by atoms with Gasteiger partial charge in [0.2, 0.25) is 5.16 Å². The van der Waals surface area contributed by atoms with Crippen LogP contribution in [0.1, 0.15) is 116 Å². The SMILES string of the molecule is CCCCCCCCCCCCCCCCCc1nnc(SSCC)n1-c1ccccc1. The molecule has 0 radical (unpaired) electrons. The lowest BCUT2D eigenvalue weighted by Gasteiger charge is -2.09. The van der Waals surface area contributed by atoms with E-state index in [4.69, 9.17) is 0 Å². The predicted molar refractivity (Wildman–Crippen MR) is 144 cm³/mol. The van der Waals surface area contributed by atoms with E-state index in [1.54, 1.807) is 10.8 Å². The zero-order valence-electron chi connectivity index (χ0n) is 20.6. The Morgan fingerprint density at radius 2 is 1.19 bits per heavy atom. The molecule has 1 heterocycles. The van der Waals surface area contributed by atoms with Crippen molar-refractivity contribution >= 4 is 21.6 Å². The van der Waals surface area contributed by atoms with E-state index in [2.05, 4.69) is 58.9 Å². The van der Waals surface area contributed by atoms with Gasteiger partial charge in [0.25, 0.3) is 0 Å². The van der Waals surface area contributed by atoms with Crippen LogP contribution in [0.15, 0.2) is 35.5 Å². The van der Waals surface area contributed by atoms with Crippen LogP contribution in [0.5, 0.6) is 0 Å². The lowest BCUT2D eigenvalue weighted by atomic mass is 10.0. The number of nitrogens with zero attached hydrogens (tertiary/aromatic N) is 3. The van der Waals surface area contributed by atoms with Crippen molar-refractivity contribution in [1.82, 2.24) is 14.8 Å². The van der Waals surface area contributed by atoms with E-state index in [0.29, 0.717) is 0 Å². The van der Waals surface area contributed by atoms with Crippen LogP contribution in [-0.4, -0.2) is 20.5 Å². The molecule has 2 rings (SSSR count). The number of aromatic nitrogens is 3. The van der Waals surface area contributed by atoms with Crippen LogP contribution in [0, 0.1) is 0 Å². The third-order valence-electron chi connectivity index (χ3n) is 5.97. The normalized spacial score (nSPS) is 11.3. The molecule has 3 nitrogen and oxygen atoms in total. The summed E-state index contributed by atoms with van der Waals surface area (Å²) in [5.41, 5.74) is 1.17. The topological polar surface area (TPSA) is 30.7 Å². The Labute approximate surface area is 205 Å². The molecule has 32 heavy (non-hydrogen) atoms. The fourth-order valence-corrected chi connectivity index (χ4v) is 5.69. The first-order valence-corrected chi connectivity index (χ1v) is 15.5. The van der Waals surface area contributed by atoms with Gasteiger partial charge >= 0.3 is 0 Å². The quantitative estimate of drug-likeness (QED) is 0.141. The van der Waals surface area contributed by atoms with E-state index in [-0.39, 0.29) is 0 Å². The van der Waals surface area contributed by atoms with Crippen molar-refractivity contribution in [2.24, 2.45) is 0 Å². The van der Waals surface area contributed by atoms with Crippen LogP contribution >= 0.6 is 21.6 Å². The maximum Gasteiger partial charge on any atom is 0.206 e. The van der Waals surface area contributed by atoms with Crippen LogP contribution in [0.3, 0.4) is 0 Å². The Morgan fingerprint density at radius 3 is 1.72 bits per heavy atom. The first kappa shape index (κ1) is 27.3. The lowest BCUT2D eigenvalue weighted by molar-refractivity contribution is 0.531. The van der Waals surface area contributed by atoms with Crippen molar-refractivity contribution in [3.8, 4) is 5.69 Å². The van der Waals surface area contributed by atoms with Gasteiger partial charge in [0, 0.05) is 17.9 Å². The average Bonchev–Trinajstić information content (AvgIpc) is 3.23. The maximum atomic E-state index is 4.53. The van der Waals surface area contributed by atoms with E-state index in [1.165, 1.54) is 102 Å². The predicted octanol–water partition coefficient (Wildman–Crippen LogP) is 9.44. The number of hydrogen-bond donors (Lipinski definition) is 0. The van der Waals surface area contributed by atoms with Gasteiger partial charge < -0.3 is 0 Å². The van der Waals surface area contributed by atoms with Crippen LogP contribution in [0.25, 0.3) is 5.69 Å². The molecule has 0 saturated heterocycles. The maximum absolute atomic E-state index is 4.53. The fourth-order valence-electron chi connectivity index (χ4n) is 4.12. The van der Waals surface area contributed by atoms with Gasteiger partial charge in [0.05, 0.1) is 0 Å². The van der Waals surface area contributed by atoms with Crippen LogP contribution in [0.4, 0.5) is 0 Å². The summed E-state index contributed by atoms with van der Waals surface area (Å²) in [7, 11) is 3.56. The molecule has 0 spiro atoms. The molecule has 0 aliphatic carbocycles. The van der Waals surface area contributed by atoms with Gasteiger partial charge in [-0.3, -0.25) is 4.57 Å². The second-order valence-corrected chi connectivity index (χ2v) is 11.3. The molecule has 0 atom stereocenters. The molecule has 0 unspecified atom stereocenters. The van der Waals surface area contributed by atoms with Gasteiger partial charge in [-0.1, -0.05) is 133 Å². The van der Waals surface area contributed by atoms with Crippen LogP contribution in [0.2, 0.25) is 0 Å². The molecule has 180 valence electrons. The van der Waals surface area contributed by atoms with Crippen LogP contribution < -0.4 is 0 Å². The van der Waals surface area contributed by atoms with Gasteiger partial charge in [-0.2, -0.15) is 0 Å². The van der Waals surface area contributed by atoms with E-state index >= 15 is 0 Å². The second-order valence-electron chi connectivity index (χ2n) is 8.76. The summed E-state index contributed by atoms with van der Waals surface area (Å²) in [6.07, 6.45) is 22.0. The molecular formula is C27H45N3S2. The highest BCUT2D eigenvalue weighted by Crippen LogP contribution is 2.31. The van der Waals surface area contributed by atoms with E-state index < -0.39 is 0 Å². The van der Waals surface area contributed by atoms with Crippen molar-refractivity contribution in [3.63, 3.8) is 0 Å². The lowest BCUT2D eigenvalue weighted by Crippen LogP contribution is -2.02. The number of aryl methyl sites for hydroxylation is 1. The summed E-state index contributed by atoms with van der Waals surface area (Å²) < 4.78 is 2.25. The van der Waals surface area contributed by atoms with Gasteiger partial charge in [-0.15, -0.1) is 10.2 Å². The first-order valence-electron chi connectivity index (χ1n) is 13.2. The summed E-state index contributed by atoms with van der Waals surface area (Å²) in [6.45, 7) is 4.47. The Balaban J connectivity index is 1.55. The largest absolute Gasteiger partial charge is 0.273 e. The Hall–Kier alpha value is -0.940. The standard InChI is InChI=1S/C27H45N3S2/c1-3-5-6-7-8-9-10-11-12-13-14-15-16-17-21-24-26-28-29-27(32-31-4-2)30(26)25-22-19-18-20-23-25/h18-20,22-23H,3-17,21,24H2,1-2H3. The zero-order valence-corrected chi connectivity index (χ0v) is 22.2. The monoisotopic (exact) mass is 475 g/mol. The summed E-state index contributed by atoms with van der Waals surface area (Å²) in [6, 6.07) is 10.6. The number of unbranched alkanes of at least 4 members (excludes halogenated alkanes) is 14. The number of rotatable bonds is 20. The minimum Gasteiger partial charge on any atom is -0.273 e. The van der Waals surface area contributed by atoms with Gasteiger partial charge in [0.1, 0.15) is 5.82 Å². The molecule has 0 fully saturated rings. The van der Waals surface area contributed by atoms with E-state index in [9.17, 15) is 0 Å². The molecule has 0 aliphatic rings. The van der Waals surface area contributed by atoms with Crippen molar-refractivity contribution in [2.45, 2.75) is 122 Å². The number of benzene rings is 1. The summed E-state index contributed by atoms with van der Waals surface area (Å²) in [4.78, 5) is 0. The van der Waals surface area contributed by atoms with Gasteiger partial charge in [0.15, 0.2) is 0 Å². The van der Waals surface area contributed by atoms with E-state index in [1.807, 2.05) is 10.8 Å². The third kappa shape index (κ3) is 11.3. The zero-order chi connectivity index (χ0) is 22.7. The first-order chi connectivity index (χ1) is 15.9. The average molecular weight is 476 g/mol. The van der Waals surface area contributed by atoms with Gasteiger partial charge in [-0.25, -0.2) is 0 Å². The van der Waals surface area contributed by atoms with Crippen molar-refractivity contribution < 1.29 is 0 Å². The number of para-hydroxylation sites is 1. The molecule has 0 saturated carbocycles. The summed E-state index contributed by atoms with van der Waals surface area (Å²) in [5, 5.41) is 10.0. The molecule has 1 aromatic carbocycles. The fraction of sp³-hybridized carbons (Fsp3) is 0.704. The van der Waals surface area contributed by atoms with Crippen molar-refractivity contribution in [3.05, 3.63) is 36.2 Å². The highest BCUT2D eigenvalue weighted by Gasteiger charge is 2.14. The van der Waals surface area contributed by atoms with Crippen molar-refractivity contribution in [1.29, 1.82) is 0 Å². The summed E-state index contributed by atoms with van der Waals surface area (Å²) in [5.74, 6) is 2.17. The second kappa shape index (κ2) is 18.5. The molecule has 2 aromatic rings. The molecule has 0 bridgehead atoms. The molecule has 0 amide bonds. The molecule has 1 aromatic heterocycles. The molecule has 5 heteroatoms. The Bertz CT molecular complexity index is 687. The minimum atomic E-state index is 0.999. The molecule has 0 N–H and O–H groups in total. The highest BCUT2D eigenvalue weighted by molar-refractivity contribution is 8.76. The third-order valence-corrected chi connectivity index (χ3v) is 8.24. The van der Waals surface area contributed by atoms with E-state index in [0.717, 1.165) is 23.2 Å². The van der Waals surface area contributed by atoms with Crippen LogP contribution in [-0.2, 0) is 6.42 Å². The summed E-state index contributed by atoms with van der Waals surface area (Å²) >= 11 is 0. The Morgan fingerprint density at radius 1 is 0.656 bits per heavy atom. The minimum absolute atomic E-state index is 0.999. The molecular weight excluding hydrogens is 430 g/mol. The highest BCUT2D eigenvalue weighted by atomic mass is 33.1. The van der Waals surface area contributed by atoms with Gasteiger partial charge in [-0.05, 0) is 29.3 Å². The smallest absolute Gasteiger partial charge is 0.206 e. The Kier molecular flexibility index (Phi) is 15.8.